The summed E-state index contributed by atoms with van der Waals surface area (Å²) in [6.07, 6.45) is 2.06. The number of sulfone groups is 1. The third kappa shape index (κ3) is 2.53. The van der Waals surface area contributed by atoms with Gasteiger partial charge in [0, 0.05) is 11.8 Å². The molecule has 0 amide bonds. The Balaban J connectivity index is 3.52. The monoisotopic (exact) mass is 243 g/mol. The molecule has 0 aromatic heterocycles. The number of hydrogen-bond donors (Lipinski definition) is 0. The van der Waals surface area contributed by atoms with Crippen LogP contribution >= 0.6 is 0 Å². The number of nitrogens with zero attached hydrogens (tertiary/aromatic N) is 1. The van der Waals surface area contributed by atoms with E-state index >= 15 is 0 Å². The number of carbonyl (C=O) groups excluding carboxylic acids is 1. The van der Waals surface area contributed by atoms with E-state index in [9.17, 15) is 17.6 Å². The molecule has 0 bridgehead atoms. The fourth-order valence-corrected chi connectivity index (χ4v) is 2.29. The third-order valence-electron chi connectivity index (χ3n) is 2.03. The van der Waals surface area contributed by atoms with Crippen LogP contribution in [0.4, 0.5) is 4.39 Å². The summed E-state index contributed by atoms with van der Waals surface area (Å²) in [5, 5.41) is 0. The number of aliphatic imine (C=N–C) groups is 1. The van der Waals surface area contributed by atoms with Gasteiger partial charge in [-0.1, -0.05) is 18.2 Å². The van der Waals surface area contributed by atoms with Gasteiger partial charge in [-0.3, -0.25) is 0 Å². The van der Waals surface area contributed by atoms with Gasteiger partial charge in [0.15, 0.2) is 9.84 Å². The molecule has 0 aliphatic carbocycles. The largest absolute Gasteiger partial charge is 0.238 e. The summed E-state index contributed by atoms with van der Waals surface area (Å²) in [4.78, 5) is 12.9. The van der Waals surface area contributed by atoms with Gasteiger partial charge in [0.1, 0.15) is 0 Å². The van der Waals surface area contributed by atoms with Crippen molar-refractivity contribution in [1.29, 1.82) is 0 Å². The highest BCUT2D eigenvalue weighted by Crippen LogP contribution is 2.31. The molecule has 0 fully saturated rings. The molecule has 1 rings (SSSR count). The van der Waals surface area contributed by atoms with Gasteiger partial charge in [-0.15, -0.1) is 0 Å². The van der Waals surface area contributed by atoms with E-state index in [1.807, 2.05) is 0 Å². The highest BCUT2D eigenvalue weighted by molar-refractivity contribution is 7.90. The van der Waals surface area contributed by atoms with Crippen molar-refractivity contribution in [2.24, 2.45) is 4.99 Å². The zero-order valence-electron chi connectivity index (χ0n) is 8.77. The summed E-state index contributed by atoms with van der Waals surface area (Å²) >= 11 is 0. The van der Waals surface area contributed by atoms with Crippen molar-refractivity contribution in [1.82, 2.24) is 0 Å². The number of benzene rings is 1. The van der Waals surface area contributed by atoms with Gasteiger partial charge < -0.3 is 0 Å². The van der Waals surface area contributed by atoms with Crippen LogP contribution in [0.3, 0.4) is 0 Å². The molecule has 0 N–H and O–H groups in total. The molecule has 0 aliphatic heterocycles. The molecule has 86 valence electrons. The zero-order chi connectivity index (χ0) is 12.4. The summed E-state index contributed by atoms with van der Waals surface area (Å²) in [6.45, 7) is 1.00. The normalized spacial score (nSPS) is 14.9. The number of halogens is 1. The van der Waals surface area contributed by atoms with Gasteiger partial charge in [-0.2, -0.15) is 4.99 Å². The highest BCUT2D eigenvalue weighted by Gasteiger charge is 2.30. The molecule has 1 aromatic carbocycles. The molecule has 1 atom stereocenters. The van der Waals surface area contributed by atoms with Crippen molar-refractivity contribution in [2.75, 3.05) is 6.26 Å². The number of rotatable bonds is 3. The lowest BCUT2D eigenvalue weighted by atomic mass is 10.1. The Morgan fingerprint density at radius 2 is 1.94 bits per heavy atom. The number of isocyanates is 1. The summed E-state index contributed by atoms with van der Waals surface area (Å²) in [7, 11) is -3.56. The zero-order valence-corrected chi connectivity index (χ0v) is 9.58. The molecule has 0 heterocycles. The molecule has 0 saturated carbocycles. The Kier molecular flexibility index (Phi) is 3.26. The molecule has 4 nitrogen and oxygen atoms in total. The molecule has 0 saturated heterocycles. The SMILES string of the molecule is CC(F)(N=C=O)c1ccccc1S(C)(=O)=O. The topological polar surface area (TPSA) is 63.6 Å². The molecular weight excluding hydrogens is 233 g/mol. The molecule has 1 unspecified atom stereocenters. The standard InChI is InChI=1S/C10H10FNO3S/c1-10(11,12-7-13)8-5-3-4-6-9(8)16(2,14)15/h3-6H,1-2H3. The van der Waals surface area contributed by atoms with Gasteiger partial charge in [0.25, 0.3) is 0 Å². The first kappa shape index (κ1) is 12.5. The van der Waals surface area contributed by atoms with Crippen LogP contribution in [0.15, 0.2) is 34.2 Å². The van der Waals surface area contributed by atoms with Crippen LogP contribution in [0.5, 0.6) is 0 Å². The molecule has 6 heteroatoms. The molecule has 0 radical (unpaired) electrons. The van der Waals surface area contributed by atoms with Crippen LogP contribution in [-0.4, -0.2) is 20.8 Å². The van der Waals surface area contributed by atoms with Crippen LogP contribution in [-0.2, 0) is 20.4 Å². The van der Waals surface area contributed by atoms with Crippen molar-refractivity contribution in [3.05, 3.63) is 29.8 Å². The molecule has 0 aliphatic rings. The lowest BCUT2D eigenvalue weighted by Gasteiger charge is -2.16. The lowest BCUT2D eigenvalue weighted by molar-refractivity contribution is 0.201. The van der Waals surface area contributed by atoms with Gasteiger partial charge in [0.05, 0.1) is 4.90 Å². The van der Waals surface area contributed by atoms with Gasteiger partial charge >= 0.3 is 0 Å². The van der Waals surface area contributed by atoms with Gasteiger partial charge in [-0.05, 0) is 13.0 Å². The average molecular weight is 243 g/mol. The van der Waals surface area contributed by atoms with E-state index in [1.54, 1.807) is 0 Å². The summed E-state index contributed by atoms with van der Waals surface area (Å²) in [6, 6.07) is 5.49. The first-order valence-corrected chi connectivity index (χ1v) is 6.25. The molecule has 16 heavy (non-hydrogen) atoms. The van der Waals surface area contributed by atoms with E-state index < -0.39 is 15.6 Å². The van der Waals surface area contributed by atoms with E-state index in [4.69, 9.17) is 0 Å². The minimum atomic E-state index is -3.56. The first-order valence-electron chi connectivity index (χ1n) is 4.36. The van der Waals surface area contributed by atoms with Crippen LogP contribution in [0.2, 0.25) is 0 Å². The maximum atomic E-state index is 13.9. The third-order valence-corrected chi connectivity index (χ3v) is 3.19. The quantitative estimate of drug-likeness (QED) is 0.460. The maximum absolute atomic E-state index is 13.9. The minimum absolute atomic E-state index is 0.166. The molecule has 0 spiro atoms. The Labute approximate surface area is 92.7 Å². The number of alkyl halides is 1. The van der Waals surface area contributed by atoms with E-state index in [0.29, 0.717) is 0 Å². The van der Waals surface area contributed by atoms with Crippen molar-refractivity contribution in [3.8, 4) is 0 Å². The molecular formula is C10H10FNO3S. The Morgan fingerprint density at radius 3 is 2.44 bits per heavy atom. The number of hydrogen-bond acceptors (Lipinski definition) is 4. The van der Waals surface area contributed by atoms with E-state index in [-0.39, 0.29) is 10.5 Å². The maximum Gasteiger partial charge on any atom is 0.238 e. The second kappa shape index (κ2) is 4.15. The van der Waals surface area contributed by atoms with Crippen molar-refractivity contribution >= 4 is 15.9 Å². The van der Waals surface area contributed by atoms with Crippen LogP contribution in [0.1, 0.15) is 12.5 Å². The minimum Gasteiger partial charge on any atom is -0.224 e. The van der Waals surface area contributed by atoms with Crippen molar-refractivity contribution in [3.63, 3.8) is 0 Å². The molecule has 1 aromatic rings. The van der Waals surface area contributed by atoms with E-state index in [2.05, 4.69) is 4.99 Å². The van der Waals surface area contributed by atoms with Gasteiger partial charge in [-0.25, -0.2) is 17.6 Å². The first-order chi connectivity index (χ1) is 7.29. The van der Waals surface area contributed by atoms with Gasteiger partial charge in [0.2, 0.25) is 11.9 Å². The highest BCUT2D eigenvalue weighted by atomic mass is 32.2. The van der Waals surface area contributed by atoms with Crippen molar-refractivity contribution in [2.45, 2.75) is 17.6 Å². The van der Waals surface area contributed by atoms with Crippen LogP contribution in [0, 0.1) is 0 Å². The predicted molar refractivity (Wildman–Crippen MR) is 56.1 cm³/mol. The summed E-state index contributed by atoms with van der Waals surface area (Å²) in [5.74, 6) is -2.39. The van der Waals surface area contributed by atoms with E-state index in [1.165, 1.54) is 24.3 Å². The van der Waals surface area contributed by atoms with E-state index in [0.717, 1.165) is 19.3 Å². The fourth-order valence-electron chi connectivity index (χ4n) is 1.31. The second-order valence-electron chi connectivity index (χ2n) is 3.42. The summed E-state index contributed by atoms with van der Waals surface area (Å²) in [5.41, 5.74) is -0.166. The smallest absolute Gasteiger partial charge is 0.224 e. The summed E-state index contributed by atoms with van der Waals surface area (Å²) < 4.78 is 36.7. The fraction of sp³-hybridized carbons (Fsp3) is 0.300. The predicted octanol–water partition coefficient (Wildman–Crippen LogP) is 1.57. The Hall–Kier alpha value is -1.52. The van der Waals surface area contributed by atoms with Crippen LogP contribution < -0.4 is 0 Å². The van der Waals surface area contributed by atoms with Crippen molar-refractivity contribution < 1.29 is 17.6 Å². The average Bonchev–Trinajstić information content (AvgIpc) is 2.16. The van der Waals surface area contributed by atoms with Crippen LogP contribution in [0.25, 0.3) is 0 Å². The lowest BCUT2D eigenvalue weighted by Crippen LogP contribution is -2.16. The second-order valence-corrected chi connectivity index (χ2v) is 5.41. The Morgan fingerprint density at radius 1 is 1.38 bits per heavy atom. The Bertz CT molecular complexity index is 545.